The SMILES string of the molecule is CCC1(CC)C(C)=Cc2ccncc2-c2cc(F)cc[n+]21. The van der Waals surface area contributed by atoms with E-state index >= 15 is 0 Å². The lowest BCUT2D eigenvalue weighted by molar-refractivity contribution is -0.746. The minimum Gasteiger partial charge on any atom is -0.264 e. The lowest BCUT2D eigenvalue weighted by Crippen LogP contribution is -2.57. The first-order valence-electron chi connectivity index (χ1n) is 7.47. The topological polar surface area (TPSA) is 16.8 Å². The van der Waals surface area contributed by atoms with Crippen LogP contribution in [-0.4, -0.2) is 4.98 Å². The van der Waals surface area contributed by atoms with Crippen molar-refractivity contribution in [2.75, 3.05) is 0 Å². The van der Waals surface area contributed by atoms with Crippen LogP contribution in [0.15, 0.2) is 42.4 Å². The molecule has 0 fully saturated rings. The molecule has 1 aliphatic heterocycles. The summed E-state index contributed by atoms with van der Waals surface area (Å²) in [4.78, 5) is 4.23. The number of aromatic nitrogens is 2. The highest BCUT2D eigenvalue weighted by molar-refractivity contribution is 5.73. The maximum absolute atomic E-state index is 13.8. The van der Waals surface area contributed by atoms with Gasteiger partial charge in [-0.15, -0.1) is 0 Å². The van der Waals surface area contributed by atoms with Crippen LogP contribution in [-0.2, 0) is 5.54 Å². The fourth-order valence-corrected chi connectivity index (χ4v) is 3.51. The second-order valence-corrected chi connectivity index (χ2v) is 5.63. The maximum atomic E-state index is 13.8. The molecule has 21 heavy (non-hydrogen) atoms. The smallest absolute Gasteiger partial charge is 0.218 e. The van der Waals surface area contributed by atoms with Gasteiger partial charge in [0.1, 0.15) is 5.82 Å². The van der Waals surface area contributed by atoms with Gasteiger partial charge in [0, 0.05) is 37.4 Å². The third kappa shape index (κ3) is 1.99. The summed E-state index contributed by atoms with van der Waals surface area (Å²) in [6.45, 7) is 6.55. The molecular weight excluding hydrogens is 263 g/mol. The van der Waals surface area contributed by atoms with Gasteiger partial charge in [-0.3, -0.25) is 4.98 Å². The largest absolute Gasteiger partial charge is 0.264 e. The second-order valence-electron chi connectivity index (χ2n) is 5.63. The summed E-state index contributed by atoms with van der Waals surface area (Å²) in [6.07, 6.45) is 9.64. The molecule has 3 heterocycles. The molecule has 0 atom stereocenters. The van der Waals surface area contributed by atoms with E-state index in [1.807, 2.05) is 18.5 Å². The Morgan fingerprint density at radius 2 is 2.00 bits per heavy atom. The minimum atomic E-state index is -0.211. The van der Waals surface area contributed by atoms with Gasteiger partial charge in [-0.2, -0.15) is 4.57 Å². The molecule has 0 unspecified atom stereocenters. The van der Waals surface area contributed by atoms with Crippen molar-refractivity contribution in [1.29, 1.82) is 0 Å². The zero-order valence-corrected chi connectivity index (χ0v) is 12.7. The Balaban J connectivity index is 2.42. The van der Waals surface area contributed by atoms with E-state index in [4.69, 9.17) is 0 Å². The summed E-state index contributed by atoms with van der Waals surface area (Å²) >= 11 is 0. The zero-order chi connectivity index (χ0) is 15.0. The van der Waals surface area contributed by atoms with E-state index in [9.17, 15) is 4.39 Å². The number of rotatable bonds is 2. The fraction of sp³-hybridized carbons (Fsp3) is 0.333. The molecule has 0 aromatic carbocycles. The minimum absolute atomic E-state index is 0.109. The number of halogens is 1. The molecule has 0 N–H and O–H groups in total. The lowest BCUT2D eigenvalue weighted by atomic mass is 9.84. The van der Waals surface area contributed by atoms with Crippen LogP contribution in [0.25, 0.3) is 17.3 Å². The summed E-state index contributed by atoms with van der Waals surface area (Å²) in [5.41, 5.74) is 4.18. The van der Waals surface area contributed by atoms with Gasteiger partial charge >= 0.3 is 0 Å². The first-order valence-corrected chi connectivity index (χ1v) is 7.47. The van der Waals surface area contributed by atoms with E-state index in [-0.39, 0.29) is 11.4 Å². The van der Waals surface area contributed by atoms with Crippen LogP contribution in [0.3, 0.4) is 0 Å². The van der Waals surface area contributed by atoms with E-state index < -0.39 is 0 Å². The van der Waals surface area contributed by atoms with Gasteiger partial charge in [-0.05, 0) is 30.2 Å². The summed E-state index contributed by atoms with van der Waals surface area (Å²) < 4.78 is 16.0. The van der Waals surface area contributed by atoms with Gasteiger partial charge in [0.2, 0.25) is 5.69 Å². The van der Waals surface area contributed by atoms with Crippen LogP contribution in [0.2, 0.25) is 0 Å². The summed E-state index contributed by atoms with van der Waals surface area (Å²) in [5, 5.41) is 0. The van der Waals surface area contributed by atoms with Crippen LogP contribution in [0.1, 0.15) is 39.2 Å². The van der Waals surface area contributed by atoms with E-state index in [1.165, 1.54) is 11.6 Å². The molecule has 0 saturated heterocycles. The molecule has 1 aliphatic rings. The van der Waals surface area contributed by atoms with Crippen molar-refractivity contribution in [2.24, 2.45) is 0 Å². The van der Waals surface area contributed by atoms with Crippen LogP contribution >= 0.6 is 0 Å². The van der Waals surface area contributed by atoms with E-state index in [0.29, 0.717) is 0 Å². The molecule has 3 rings (SSSR count). The number of allylic oxidation sites excluding steroid dienone is 1. The van der Waals surface area contributed by atoms with Crippen LogP contribution < -0.4 is 4.57 Å². The molecule has 2 aromatic rings. The monoisotopic (exact) mass is 283 g/mol. The Hall–Kier alpha value is -2.03. The van der Waals surface area contributed by atoms with E-state index in [2.05, 4.69) is 36.4 Å². The van der Waals surface area contributed by atoms with Crippen LogP contribution in [0, 0.1) is 5.82 Å². The van der Waals surface area contributed by atoms with Crippen LogP contribution in [0.4, 0.5) is 4.39 Å². The molecule has 3 heteroatoms. The Labute approximate surface area is 125 Å². The molecule has 0 aliphatic carbocycles. The number of hydrogen-bond donors (Lipinski definition) is 0. The highest BCUT2D eigenvalue weighted by Gasteiger charge is 2.42. The average Bonchev–Trinajstić information content (AvgIpc) is 2.60. The number of fused-ring (bicyclic) bond motifs is 3. The summed E-state index contributed by atoms with van der Waals surface area (Å²) in [7, 11) is 0. The highest BCUT2D eigenvalue weighted by Crippen LogP contribution is 2.36. The highest BCUT2D eigenvalue weighted by atomic mass is 19.1. The van der Waals surface area contributed by atoms with E-state index in [1.54, 1.807) is 12.3 Å². The Kier molecular flexibility index (Phi) is 3.36. The van der Waals surface area contributed by atoms with Crippen LogP contribution in [0.5, 0.6) is 0 Å². The molecule has 0 saturated carbocycles. The molecule has 0 radical (unpaired) electrons. The van der Waals surface area contributed by atoms with Gasteiger partial charge < -0.3 is 0 Å². The molecular formula is C18H20FN2+. The number of nitrogens with zero attached hydrogens (tertiary/aromatic N) is 2. The number of hydrogen-bond acceptors (Lipinski definition) is 1. The predicted octanol–water partition coefficient (Wildman–Crippen LogP) is 4.11. The molecule has 0 spiro atoms. The van der Waals surface area contributed by atoms with Crippen molar-refractivity contribution in [1.82, 2.24) is 4.98 Å². The van der Waals surface area contributed by atoms with Crippen molar-refractivity contribution in [3.63, 3.8) is 0 Å². The summed E-state index contributed by atoms with van der Waals surface area (Å²) in [5.74, 6) is -0.211. The van der Waals surface area contributed by atoms with Gasteiger partial charge in [0.05, 0.1) is 5.56 Å². The molecule has 2 nitrogen and oxygen atoms in total. The predicted molar refractivity (Wildman–Crippen MR) is 82.0 cm³/mol. The van der Waals surface area contributed by atoms with Crippen molar-refractivity contribution in [3.8, 4) is 11.3 Å². The fourth-order valence-electron chi connectivity index (χ4n) is 3.51. The first kappa shape index (κ1) is 13.9. The van der Waals surface area contributed by atoms with Crippen molar-refractivity contribution in [2.45, 2.75) is 39.2 Å². The van der Waals surface area contributed by atoms with Gasteiger partial charge in [0.15, 0.2) is 11.7 Å². The van der Waals surface area contributed by atoms with Crippen molar-refractivity contribution >= 4 is 6.08 Å². The Morgan fingerprint density at radius 1 is 1.24 bits per heavy atom. The second kappa shape index (κ2) is 5.06. The number of pyridine rings is 2. The third-order valence-electron chi connectivity index (χ3n) is 4.78. The third-order valence-corrected chi connectivity index (χ3v) is 4.78. The average molecular weight is 283 g/mol. The van der Waals surface area contributed by atoms with Crippen molar-refractivity contribution < 1.29 is 8.96 Å². The first-order chi connectivity index (χ1) is 10.1. The van der Waals surface area contributed by atoms with Gasteiger partial charge in [0.25, 0.3) is 0 Å². The molecule has 108 valence electrons. The quantitative estimate of drug-likeness (QED) is 0.758. The molecule has 2 aromatic heterocycles. The Morgan fingerprint density at radius 3 is 2.71 bits per heavy atom. The normalized spacial score (nSPS) is 15.7. The summed E-state index contributed by atoms with van der Waals surface area (Å²) in [6, 6.07) is 5.15. The van der Waals surface area contributed by atoms with Gasteiger partial charge in [-0.25, -0.2) is 4.39 Å². The lowest BCUT2D eigenvalue weighted by Gasteiger charge is -2.27. The standard InChI is InChI=1S/C18H20FN2/c1-4-18(5-2)13(3)10-14-6-8-20-12-16(14)17-11-15(19)7-9-21(17)18/h6-12H,4-5H2,1-3H3/q+1. The zero-order valence-electron chi connectivity index (χ0n) is 12.7. The van der Waals surface area contributed by atoms with Gasteiger partial charge in [-0.1, -0.05) is 13.8 Å². The Bertz CT molecular complexity index is 715. The molecule has 0 bridgehead atoms. The maximum Gasteiger partial charge on any atom is 0.218 e. The van der Waals surface area contributed by atoms with Crippen molar-refractivity contribution in [3.05, 3.63) is 53.7 Å². The molecule has 0 amide bonds. The van der Waals surface area contributed by atoms with E-state index in [0.717, 1.165) is 29.7 Å².